The summed E-state index contributed by atoms with van der Waals surface area (Å²) in [5, 5.41) is 0. The Hall–Kier alpha value is -0.610. The number of piperidine rings is 1. The molecule has 122 valence electrons. The van der Waals surface area contributed by atoms with Gasteiger partial charge in [-0.2, -0.15) is 0 Å². The summed E-state index contributed by atoms with van der Waals surface area (Å²) in [5.41, 5.74) is 6.16. The van der Waals surface area contributed by atoms with Crippen LogP contribution in [0.4, 0.5) is 0 Å². The molecule has 1 saturated carbocycles. The molecular formula is C17H32N2O2. The van der Waals surface area contributed by atoms with Crippen molar-refractivity contribution >= 4 is 5.91 Å². The molecule has 2 atom stereocenters. The van der Waals surface area contributed by atoms with Crippen molar-refractivity contribution in [1.29, 1.82) is 0 Å². The zero-order valence-electron chi connectivity index (χ0n) is 13.9. The molecule has 1 amide bonds. The molecule has 0 aromatic carbocycles. The van der Waals surface area contributed by atoms with E-state index in [0.29, 0.717) is 0 Å². The maximum atomic E-state index is 12.8. The molecule has 1 heterocycles. The van der Waals surface area contributed by atoms with Gasteiger partial charge in [-0.15, -0.1) is 0 Å². The molecule has 2 unspecified atom stereocenters. The lowest BCUT2D eigenvalue weighted by atomic mass is 9.79. The number of nitrogens with zero attached hydrogens (tertiary/aromatic N) is 1. The lowest BCUT2D eigenvalue weighted by Gasteiger charge is -2.43. The quantitative estimate of drug-likeness (QED) is 0.868. The number of hydrogen-bond acceptors (Lipinski definition) is 3. The van der Waals surface area contributed by atoms with Crippen LogP contribution in [0.3, 0.4) is 0 Å². The van der Waals surface area contributed by atoms with E-state index in [1.165, 1.54) is 19.3 Å². The highest BCUT2D eigenvalue weighted by molar-refractivity contribution is 5.81. The summed E-state index contributed by atoms with van der Waals surface area (Å²) in [6, 6.07) is 0.181. The van der Waals surface area contributed by atoms with E-state index >= 15 is 0 Å². The minimum atomic E-state index is -0.266. The molecule has 1 saturated heterocycles. The monoisotopic (exact) mass is 296 g/mol. The summed E-state index contributed by atoms with van der Waals surface area (Å²) in [7, 11) is 0. The first-order chi connectivity index (χ1) is 9.94. The molecule has 1 aliphatic carbocycles. The fourth-order valence-corrected chi connectivity index (χ4v) is 3.53. The largest absolute Gasteiger partial charge is 0.365 e. The van der Waals surface area contributed by atoms with Gasteiger partial charge in [0.2, 0.25) is 0 Å². The van der Waals surface area contributed by atoms with Crippen LogP contribution in [0, 0.1) is 5.41 Å². The summed E-state index contributed by atoms with van der Waals surface area (Å²) < 4.78 is 6.13. The Labute approximate surface area is 129 Å². The summed E-state index contributed by atoms with van der Waals surface area (Å²) >= 11 is 0. The average Bonchev–Trinajstić information content (AvgIpc) is 2.48. The van der Waals surface area contributed by atoms with Crippen molar-refractivity contribution < 1.29 is 9.53 Å². The zero-order chi connectivity index (χ0) is 15.5. The van der Waals surface area contributed by atoms with Crippen LogP contribution in [0.25, 0.3) is 0 Å². The standard InChI is InChI=1S/C17H32N2O2/c1-4-14(21-13-8-6-5-7-9-13)16(20)19-11-10-15(18)17(2,3)12-19/h13-15H,4-12,18H2,1-3H3. The number of carbonyl (C=O) groups is 1. The fourth-order valence-electron chi connectivity index (χ4n) is 3.53. The summed E-state index contributed by atoms with van der Waals surface area (Å²) in [6.45, 7) is 7.87. The number of nitrogens with two attached hydrogens (primary N) is 1. The number of ether oxygens (including phenoxy) is 1. The van der Waals surface area contributed by atoms with E-state index in [9.17, 15) is 4.79 Å². The van der Waals surface area contributed by atoms with Crippen LogP contribution < -0.4 is 5.73 Å². The topological polar surface area (TPSA) is 55.6 Å². The lowest BCUT2D eigenvalue weighted by molar-refractivity contribution is -0.152. The summed E-state index contributed by atoms with van der Waals surface area (Å²) in [5.74, 6) is 0.169. The molecule has 4 nitrogen and oxygen atoms in total. The molecule has 21 heavy (non-hydrogen) atoms. The lowest BCUT2D eigenvalue weighted by Crippen LogP contribution is -2.56. The van der Waals surface area contributed by atoms with Gasteiger partial charge in [-0.3, -0.25) is 4.79 Å². The number of carbonyl (C=O) groups excluding carboxylic acids is 1. The third-order valence-corrected chi connectivity index (χ3v) is 5.18. The van der Waals surface area contributed by atoms with E-state index in [1.54, 1.807) is 0 Å². The van der Waals surface area contributed by atoms with Gasteiger partial charge in [0.15, 0.2) is 0 Å². The molecule has 4 heteroatoms. The minimum absolute atomic E-state index is 0.00294. The van der Waals surface area contributed by atoms with Crippen LogP contribution >= 0.6 is 0 Å². The first-order valence-corrected chi connectivity index (χ1v) is 8.64. The SMILES string of the molecule is CCC(OC1CCCCC1)C(=O)N1CCC(N)C(C)(C)C1. The molecular weight excluding hydrogens is 264 g/mol. The second-order valence-electron chi connectivity index (χ2n) is 7.44. The van der Waals surface area contributed by atoms with Gasteiger partial charge in [0.1, 0.15) is 6.10 Å². The van der Waals surface area contributed by atoms with Crippen LogP contribution in [0.2, 0.25) is 0 Å². The normalized spacial score (nSPS) is 28.4. The number of likely N-dealkylation sites (tertiary alicyclic amines) is 1. The Bertz CT molecular complexity index is 351. The van der Waals surface area contributed by atoms with Crippen molar-refractivity contribution in [1.82, 2.24) is 4.90 Å². The van der Waals surface area contributed by atoms with E-state index in [-0.39, 0.29) is 29.6 Å². The van der Waals surface area contributed by atoms with Gasteiger partial charge in [0.05, 0.1) is 6.10 Å². The Kier molecular flexibility index (Phi) is 5.67. The van der Waals surface area contributed by atoms with Gasteiger partial charge in [0.25, 0.3) is 5.91 Å². The number of hydrogen-bond donors (Lipinski definition) is 1. The number of rotatable bonds is 4. The Morgan fingerprint density at radius 3 is 2.52 bits per heavy atom. The van der Waals surface area contributed by atoms with Gasteiger partial charge in [-0.25, -0.2) is 0 Å². The molecule has 0 bridgehead atoms. The summed E-state index contributed by atoms with van der Waals surface area (Å²) in [6.07, 6.45) is 7.67. The molecule has 2 aliphatic rings. The highest BCUT2D eigenvalue weighted by Crippen LogP contribution is 2.29. The molecule has 2 rings (SSSR count). The van der Waals surface area contributed by atoms with Crippen molar-refractivity contribution in [2.45, 2.75) is 84.0 Å². The van der Waals surface area contributed by atoms with Crippen molar-refractivity contribution in [2.75, 3.05) is 13.1 Å². The van der Waals surface area contributed by atoms with Crippen molar-refractivity contribution in [2.24, 2.45) is 11.1 Å². The Balaban J connectivity index is 1.93. The van der Waals surface area contributed by atoms with Crippen molar-refractivity contribution in [3.63, 3.8) is 0 Å². The summed E-state index contributed by atoms with van der Waals surface area (Å²) in [4.78, 5) is 14.7. The van der Waals surface area contributed by atoms with Gasteiger partial charge < -0.3 is 15.4 Å². The number of amides is 1. The third kappa shape index (κ3) is 4.19. The fraction of sp³-hybridized carbons (Fsp3) is 0.941. The van der Waals surface area contributed by atoms with Crippen LogP contribution in [-0.2, 0) is 9.53 Å². The molecule has 0 aromatic heterocycles. The minimum Gasteiger partial charge on any atom is -0.365 e. The molecule has 0 aromatic rings. The van der Waals surface area contributed by atoms with Gasteiger partial charge in [-0.1, -0.05) is 40.0 Å². The Morgan fingerprint density at radius 1 is 1.29 bits per heavy atom. The first kappa shape index (κ1) is 16.8. The molecule has 0 spiro atoms. The zero-order valence-corrected chi connectivity index (χ0v) is 13.9. The maximum Gasteiger partial charge on any atom is 0.251 e. The highest BCUT2D eigenvalue weighted by atomic mass is 16.5. The van der Waals surface area contributed by atoms with Crippen LogP contribution in [0.5, 0.6) is 0 Å². The second kappa shape index (κ2) is 7.10. The van der Waals surface area contributed by atoms with Crippen molar-refractivity contribution in [3.05, 3.63) is 0 Å². The predicted molar refractivity (Wildman–Crippen MR) is 85.0 cm³/mol. The molecule has 2 N–H and O–H groups in total. The van der Waals surface area contributed by atoms with E-state index in [2.05, 4.69) is 13.8 Å². The van der Waals surface area contributed by atoms with Gasteiger partial charge >= 0.3 is 0 Å². The van der Waals surface area contributed by atoms with Crippen molar-refractivity contribution in [3.8, 4) is 0 Å². The first-order valence-electron chi connectivity index (χ1n) is 8.64. The highest BCUT2D eigenvalue weighted by Gasteiger charge is 2.37. The van der Waals surface area contributed by atoms with Gasteiger partial charge in [-0.05, 0) is 31.1 Å². The maximum absolute atomic E-state index is 12.8. The molecule has 2 fully saturated rings. The van der Waals surface area contributed by atoms with E-state index in [1.807, 2.05) is 11.8 Å². The van der Waals surface area contributed by atoms with Gasteiger partial charge in [0, 0.05) is 19.1 Å². The predicted octanol–water partition coefficient (Wildman–Crippen LogP) is 2.70. The van der Waals surface area contributed by atoms with E-state index < -0.39 is 0 Å². The van der Waals surface area contributed by atoms with E-state index in [4.69, 9.17) is 10.5 Å². The third-order valence-electron chi connectivity index (χ3n) is 5.18. The van der Waals surface area contributed by atoms with Crippen LogP contribution in [0.1, 0.15) is 65.7 Å². The second-order valence-corrected chi connectivity index (χ2v) is 7.44. The molecule has 1 aliphatic heterocycles. The Morgan fingerprint density at radius 2 is 1.95 bits per heavy atom. The van der Waals surface area contributed by atoms with Crippen LogP contribution in [0.15, 0.2) is 0 Å². The van der Waals surface area contributed by atoms with E-state index in [0.717, 1.165) is 38.8 Å². The average molecular weight is 296 g/mol. The molecule has 0 radical (unpaired) electrons. The van der Waals surface area contributed by atoms with Crippen LogP contribution in [-0.4, -0.2) is 42.1 Å². The smallest absolute Gasteiger partial charge is 0.251 e.